The number of hydrogen-bond donors (Lipinski definition) is 1. The van der Waals surface area contributed by atoms with Gasteiger partial charge in [0.15, 0.2) is 5.78 Å². The molecule has 3 nitrogen and oxygen atoms in total. The quantitative estimate of drug-likeness (QED) is 0.568. The minimum absolute atomic E-state index is 0.0499. The number of benzene rings is 1. The molecule has 0 aliphatic rings. The standard InChI is InChI=1S/C11H14FNO2/c1-15-7-6-13-8-11(14)9-2-4-10(12)5-3-9/h2-5,13H,6-8H2,1H3. The maximum Gasteiger partial charge on any atom is 0.176 e. The average molecular weight is 211 g/mol. The van der Waals surface area contributed by atoms with Crippen molar-refractivity contribution in [3.05, 3.63) is 35.6 Å². The van der Waals surface area contributed by atoms with Crippen LogP contribution in [0, 0.1) is 5.82 Å². The third kappa shape index (κ3) is 4.18. The summed E-state index contributed by atoms with van der Waals surface area (Å²) in [4.78, 5) is 11.5. The Morgan fingerprint density at radius 3 is 2.67 bits per heavy atom. The second kappa shape index (κ2) is 6.27. The molecule has 0 aromatic heterocycles. The van der Waals surface area contributed by atoms with E-state index in [0.717, 1.165) is 0 Å². The first-order valence-electron chi connectivity index (χ1n) is 4.72. The molecule has 0 unspecified atom stereocenters. The molecular formula is C11H14FNO2. The van der Waals surface area contributed by atoms with Gasteiger partial charge in [0.25, 0.3) is 0 Å². The van der Waals surface area contributed by atoms with E-state index in [9.17, 15) is 9.18 Å². The summed E-state index contributed by atoms with van der Waals surface area (Å²) >= 11 is 0. The number of ketones is 1. The Labute approximate surface area is 88.2 Å². The molecule has 15 heavy (non-hydrogen) atoms. The van der Waals surface area contributed by atoms with Crippen molar-refractivity contribution in [2.24, 2.45) is 0 Å². The molecule has 0 heterocycles. The lowest BCUT2D eigenvalue weighted by molar-refractivity contribution is 0.0987. The number of nitrogens with one attached hydrogen (secondary N) is 1. The van der Waals surface area contributed by atoms with E-state index in [4.69, 9.17) is 4.74 Å². The molecule has 1 N–H and O–H groups in total. The van der Waals surface area contributed by atoms with E-state index in [1.165, 1.54) is 24.3 Å². The van der Waals surface area contributed by atoms with Gasteiger partial charge in [0.1, 0.15) is 5.82 Å². The summed E-state index contributed by atoms with van der Waals surface area (Å²) < 4.78 is 17.4. The summed E-state index contributed by atoms with van der Waals surface area (Å²) in [6.45, 7) is 1.44. The smallest absolute Gasteiger partial charge is 0.176 e. The van der Waals surface area contributed by atoms with Crippen molar-refractivity contribution >= 4 is 5.78 Å². The summed E-state index contributed by atoms with van der Waals surface area (Å²) in [5, 5.41) is 2.93. The third-order valence-electron chi connectivity index (χ3n) is 1.93. The lowest BCUT2D eigenvalue weighted by Gasteiger charge is -2.03. The lowest BCUT2D eigenvalue weighted by atomic mass is 10.1. The van der Waals surface area contributed by atoms with Gasteiger partial charge in [0.05, 0.1) is 13.2 Å². The molecule has 0 bridgehead atoms. The first-order chi connectivity index (χ1) is 7.24. The van der Waals surface area contributed by atoms with Crippen molar-refractivity contribution in [2.75, 3.05) is 26.8 Å². The largest absolute Gasteiger partial charge is 0.383 e. The molecule has 0 saturated carbocycles. The molecule has 0 fully saturated rings. The van der Waals surface area contributed by atoms with Crippen molar-refractivity contribution in [1.29, 1.82) is 0 Å². The van der Waals surface area contributed by atoms with Gasteiger partial charge < -0.3 is 10.1 Å². The van der Waals surface area contributed by atoms with Crippen molar-refractivity contribution < 1.29 is 13.9 Å². The van der Waals surface area contributed by atoms with Gasteiger partial charge in [-0.3, -0.25) is 4.79 Å². The van der Waals surface area contributed by atoms with E-state index in [-0.39, 0.29) is 18.1 Å². The first-order valence-corrected chi connectivity index (χ1v) is 4.72. The van der Waals surface area contributed by atoms with Crippen LogP contribution in [0.2, 0.25) is 0 Å². The molecule has 1 aromatic carbocycles. The van der Waals surface area contributed by atoms with Crippen LogP contribution in [0.3, 0.4) is 0 Å². The Morgan fingerprint density at radius 1 is 1.40 bits per heavy atom. The number of ether oxygens (including phenoxy) is 1. The fourth-order valence-electron chi connectivity index (χ4n) is 1.11. The number of carbonyl (C=O) groups is 1. The fourth-order valence-corrected chi connectivity index (χ4v) is 1.11. The summed E-state index contributed by atoms with van der Waals surface area (Å²) in [5.74, 6) is -0.384. The molecule has 1 rings (SSSR count). The van der Waals surface area contributed by atoms with Crippen LogP contribution in [0.5, 0.6) is 0 Å². The number of methoxy groups -OCH3 is 1. The molecule has 0 aliphatic heterocycles. The summed E-state index contributed by atoms with van der Waals surface area (Å²) in [6.07, 6.45) is 0. The number of rotatable bonds is 6. The summed E-state index contributed by atoms with van der Waals surface area (Å²) in [7, 11) is 1.60. The van der Waals surface area contributed by atoms with Crippen LogP contribution in [0.15, 0.2) is 24.3 Å². The molecule has 0 saturated heterocycles. The fraction of sp³-hybridized carbons (Fsp3) is 0.364. The predicted molar refractivity (Wildman–Crippen MR) is 55.5 cm³/mol. The molecule has 4 heteroatoms. The topological polar surface area (TPSA) is 38.3 Å². The van der Waals surface area contributed by atoms with E-state index in [0.29, 0.717) is 18.7 Å². The van der Waals surface area contributed by atoms with Gasteiger partial charge >= 0.3 is 0 Å². The van der Waals surface area contributed by atoms with E-state index < -0.39 is 0 Å². The molecule has 0 radical (unpaired) electrons. The Morgan fingerprint density at radius 2 is 2.07 bits per heavy atom. The minimum Gasteiger partial charge on any atom is -0.383 e. The summed E-state index contributed by atoms with van der Waals surface area (Å²) in [5.41, 5.74) is 0.515. The normalized spacial score (nSPS) is 10.3. The van der Waals surface area contributed by atoms with E-state index >= 15 is 0 Å². The number of halogens is 1. The maximum absolute atomic E-state index is 12.6. The number of carbonyl (C=O) groups excluding carboxylic acids is 1. The zero-order valence-corrected chi connectivity index (χ0v) is 8.63. The zero-order valence-electron chi connectivity index (χ0n) is 8.63. The van der Waals surface area contributed by atoms with Gasteiger partial charge in [-0.15, -0.1) is 0 Å². The zero-order chi connectivity index (χ0) is 11.1. The molecule has 0 spiro atoms. The van der Waals surface area contributed by atoms with Crippen molar-refractivity contribution in [1.82, 2.24) is 5.32 Å². The highest BCUT2D eigenvalue weighted by Crippen LogP contribution is 2.02. The second-order valence-corrected chi connectivity index (χ2v) is 3.10. The molecule has 0 aliphatic carbocycles. The van der Waals surface area contributed by atoms with Crippen molar-refractivity contribution in [3.63, 3.8) is 0 Å². The highest BCUT2D eigenvalue weighted by Gasteiger charge is 2.04. The molecule has 1 aromatic rings. The highest BCUT2D eigenvalue weighted by molar-refractivity contribution is 5.97. The molecule has 0 amide bonds. The van der Waals surface area contributed by atoms with Crippen molar-refractivity contribution in [3.8, 4) is 0 Å². The average Bonchev–Trinajstić information content (AvgIpc) is 2.25. The van der Waals surface area contributed by atoms with Gasteiger partial charge in [-0.1, -0.05) is 0 Å². The Bertz CT molecular complexity index is 311. The van der Waals surface area contributed by atoms with Gasteiger partial charge in [0, 0.05) is 19.2 Å². The van der Waals surface area contributed by atoms with Crippen LogP contribution < -0.4 is 5.32 Å². The van der Waals surface area contributed by atoms with Crippen LogP contribution in [0.4, 0.5) is 4.39 Å². The molecule has 0 atom stereocenters. The second-order valence-electron chi connectivity index (χ2n) is 3.10. The molecule has 82 valence electrons. The number of Topliss-reactive ketones (excluding diaryl/α,β-unsaturated/α-hetero) is 1. The summed E-state index contributed by atoms with van der Waals surface area (Å²) in [6, 6.07) is 5.52. The molecular weight excluding hydrogens is 197 g/mol. The Hall–Kier alpha value is -1.26. The monoisotopic (exact) mass is 211 g/mol. The predicted octanol–water partition coefficient (Wildman–Crippen LogP) is 1.24. The third-order valence-corrected chi connectivity index (χ3v) is 1.93. The van der Waals surface area contributed by atoms with Crippen LogP contribution in [0.1, 0.15) is 10.4 Å². The van der Waals surface area contributed by atoms with Gasteiger partial charge in [0.2, 0.25) is 0 Å². The first kappa shape index (κ1) is 11.8. The van der Waals surface area contributed by atoms with Crippen LogP contribution in [-0.2, 0) is 4.74 Å². The Kier molecular flexibility index (Phi) is 4.93. The van der Waals surface area contributed by atoms with Gasteiger partial charge in [-0.25, -0.2) is 4.39 Å². The minimum atomic E-state index is -0.334. The Balaban J connectivity index is 2.37. The van der Waals surface area contributed by atoms with Gasteiger partial charge in [-0.2, -0.15) is 0 Å². The lowest BCUT2D eigenvalue weighted by Crippen LogP contribution is -2.26. The van der Waals surface area contributed by atoms with E-state index in [2.05, 4.69) is 5.32 Å². The van der Waals surface area contributed by atoms with Gasteiger partial charge in [-0.05, 0) is 24.3 Å². The van der Waals surface area contributed by atoms with Crippen LogP contribution in [0.25, 0.3) is 0 Å². The maximum atomic E-state index is 12.6. The number of hydrogen-bond acceptors (Lipinski definition) is 3. The van der Waals surface area contributed by atoms with Crippen molar-refractivity contribution in [2.45, 2.75) is 0 Å². The SMILES string of the molecule is COCCNCC(=O)c1ccc(F)cc1. The van der Waals surface area contributed by atoms with Crippen LogP contribution in [-0.4, -0.2) is 32.6 Å². The van der Waals surface area contributed by atoms with E-state index in [1.54, 1.807) is 7.11 Å². The highest BCUT2D eigenvalue weighted by atomic mass is 19.1. The van der Waals surface area contributed by atoms with E-state index in [1.807, 2.05) is 0 Å². The van der Waals surface area contributed by atoms with Crippen LogP contribution >= 0.6 is 0 Å².